The number of nitrogens with two attached hydrogens (primary N) is 1. The third kappa shape index (κ3) is 3.12. The van der Waals surface area contributed by atoms with Gasteiger partial charge in [0, 0.05) is 19.3 Å². The van der Waals surface area contributed by atoms with Crippen LogP contribution in [0.3, 0.4) is 0 Å². The summed E-state index contributed by atoms with van der Waals surface area (Å²) in [6.07, 6.45) is 5.92. The lowest BCUT2D eigenvalue weighted by Crippen LogP contribution is -2.08. The molecule has 0 radical (unpaired) electrons. The molecular formula is C14H24N6. The molecule has 0 aliphatic carbocycles. The Morgan fingerprint density at radius 2 is 2.20 bits per heavy atom. The average molecular weight is 276 g/mol. The topological polar surface area (TPSA) is 84.5 Å². The Balaban J connectivity index is 1.86. The highest BCUT2D eigenvalue weighted by Gasteiger charge is 2.11. The first-order valence-corrected chi connectivity index (χ1v) is 7.17. The molecule has 0 saturated heterocycles. The van der Waals surface area contributed by atoms with E-state index in [4.69, 9.17) is 5.73 Å². The van der Waals surface area contributed by atoms with Gasteiger partial charge in [0.2, 0.25) is 0 Å². The van der Waals surface area contributed by atoms with E-state index in [0.29, 0.717) is 0 Å². The number of rotatable bonds is 7. The quantitative estimate of drug-likeness (QED) is 0.676. The van der Waals surface area contributed by atoms with Crippen LogP contribution in [0.5, 0.6) is 0 Å². The predicted molar refractivity (Wildman–Crippen MR) is 81.8 cm³/mol. The van der Waals surface area contributed by atoms with Gasteiger partial charge in [0.15, 0.2) is 0 Å². The van der Waals surface area contributed by atoms with Gasteiger partial charge in [-0.1, -0.05) is 13.3 Å². The van der Waals surface area contributed by atoms with E-state index in [1.165, 1.54) is 5.56 Å². The zero-order valence-corrected chi connectivity index (χ0v) is 12.5. The van der Waals surface area contributed by atoms with E-state index in [2.05, 4.69) is 27.5 Å². The highest BCUT2D eigenvalue weighted by atomic mass is 15.3. The molecule has 0 aromatic carbocycles. The van der Waals surface area contributed by atoms with Crippen molar-refractivity contribution < 1.29 is 0 Å². The van der Waals surface area contributed by atoms with Gasteiger partial charge in [-0.15, -0.1) is 0 Å². The highest BCUT2D eigenvalue weighted by molar-refractivity contribution is 5.65. The van der Waals surface area contributed by atoms with Gasteiger partial charge in [0.1, 0.15) is 5.82 Å². The lowest BCUT2D eigenvalue weighted by molar-refractivity contribution is 0.731. The van der Waals surface area contributed by atoms with E-state index in [0.717, 1.165) is 55.1 Å². The van der Waals surface area contributed by atoms with Gasteiger partial charge in [0.25, 0.3) is 0 Å². The molecule has 110 valence electrons. The third-order valence-corrected chi connectivity index (χ3v) is 3.50. The average Bonchev–Trinajstić information content (AvgIpc) is 2.93. The van der Waals surface area contributed by atoms with Gasteiger partial charge in [0.05, 0.1) is 17.6 Å². The maximum absolute atomic E-state index is 6.13. The summed E-state index contributed by atoms with van der Waals surface area (Å²) in [7, 11) is 1.93. The Bertz CT molecular complexity index is 554. The summed E-state index contributed by atoms with van der Waals surface area (Å²) >= 11 is 0. The van der Waals surface area contributed by atoms with Crippen molar-refractivity contribution in [1.82, 2.24) is 20.0 Å². The van der Waals surface area contributed by atoms with Crippen LogP contribution in [0.25, 0.3) is 0 Å². The van der Waals surface area contributed by atoms with E-state index in [-0.39, 0.29) is 0 Å². The zero-order valence-electron chi connectivity index (χ0n) is 12.5. The van der Waals surface area contributed by atoms with Crippen LogP contribution in [0.15, 0.2) is 6.20 Å². The maximum Gasteiger partial charge on any atom is 0.147 e. The lowest BCUT2D eigenvalue weighted by atomic mass is 10.1. The molecule has 0 spiro atoms. The van der Waals surface area contributed by atoms with Crippen LogP contribution in [0.2, 0.25) is 0 Å². The molecule has 0 saturated carbocycles. The Hall–Kier alpha value is -1.98. The minimum absolute atomic E-state index is 0.786. The number of H-pyrrole nitrogens is 1. The largest absolute Gasteiger partial charge is 0.394 e. The molecule has 6 nitrogen and oxygen atoms in total. The second kappa shape index (κ2) is 6.45. The van der Waals surface area contributed by atoms with Gasteiger partial charge < -0.3 is 11.1 Å². The number of nitrogens with one attached hydrogen (secondary N) is 2. The number of anilines is 2. The summed E-state index contributed by atoms with van der Waals surface area (Å²) in [6, 6.07) is 0. The fourth-order valence-electron chi connectivity index (χ4n) is 2.34. The van der Waals surface area contributed by atoms with Crippen LogP contribution in [-0.2, 0) is 19.9 Å². The summed E-state index contributed by atoms with van der Waals surface area (Å²) in [5, 5.41) is 14.8. The molecule has 0 aliphatic heterocycles. The third-order valence-electron chi connectivity index (χ3n) is 3.50. The summed E-state index contributed by atoms with van der Waals surface area (Å²) in [5.41, 5.74) is 10.3. The number of hydrogen-bond donors (Lipinski definition) is 3. The molecule has 20 heavy (non-hydrogen) atoms. The number of nitrogen functional groups attached to an aromatic ring is 1. The van der Waals surface area contributed by atoms with E-state index in [1.807, 2.05) is 24.9 Å². The Morgan fingerprint density at radius 1 is 1.40 bits per heavy atom. The number of aryl methyl sites for hydroxylation is 4. The van der Waals surface area contributed by atoms with E-state index < -0.39 is 0 Å². The summed E-state index contributed by atoms with van der Waals surface area (Å²) in [6.45, 7) is 5.06. The monoisotopic (exact) mass is 276 g/mol. The van der Waals surface area contributed by atoms with Gasteiger partial charge >= 0.3 is 0 Å². The fourth-order valence-corrected chi connectivity index (χ4v) is 2.34. The smallest absolute Gasteiger partial charge is 0.147 e. The molecule has 0 aliphatic rings. The molecule has 0 fully saturated rings. The minimum atomic E-state index is 0.786. The summed E-state index contributed by atoms with van der Waals surface area (Å²) in [5.74, 6) is 0.928. The highest BCUT2D eigenvalue weighted by Crippen LogP contribution is 2.23. The molecule has 2 heterocycles. The molecule has 4 N–H and O–H groups in total. The van der Waals surface area contributed by atoms with Crippen LogP contribution < -0.4 is 11.1 Å². The number of aromatic amines is 1. The van der Waals surface area contributed by atoms with Gasteiger partial charge in [-0.2, -0.15) is 10.2 Å². The van der Waals surface area contributed by atoms with Gasteiger partial charge in [-0.05, 0) is 31.7 Å². The normalized spacial score (nSPS) is 10.9. The van der Waals surface area contributed by atoms with Crippen molar-refractivity contribution in [3.63, 3.8) is 0 Å². The molecular weight excluding hydrogens is 252 g/mol. The van der Waals surface area contributed by atoms with Crippen molar-refractivity contribution >= 4 is 11.5 Å². The molecule has 0 atom stereocenters. The van der Waals surface area contributed by atoms with Crippen molar-refractivity contribution in [1.29, 1.82) is 0 Å². The first-order valence-electron chi connectivity index (χ1n) is 7.17. The van der Waals surface area contributed by atoms with Crippen LogP contribution in [0, 0.1) is 6.92 Å². The Labute approximate surface area is 119 Å². The molecule has 0 unspecified atom stereocenters. The lowest BCUT2D eigenvalue weighted by Gasteiger charge is -2.07. The SMILES string of the molecule is CCCc1nn(C)c(NCCCc2cn[nH]c2C)c1N. The first kappa shape index (κ1) is 14.4. The standard InChI is InChI=1S/C14H24N6/c1-4-6-12-13(15)14(20(3)19-12)16-8-5-7-11-9-17-18-10(11)2/h9,16H,4-8,15H2,1-3H3,(H,17,18). The number of hydrogen-bond acceptors (Lipinski definition) is 4. The maximum atomic E-state index is 6.13. The summed E-state index contributed by atoms with van der Waals surface area (Å²) in [4.78, 5) is 0. The van der Waals surface area contributed by atoms with Crippen molar-refractivity contribution in [2.45, 2.75) is 39.5 Å². The van der Waals surface area contributed by atoms with Crippen molar-refractivity contribution in [2.75, 3.05) is 17.6 Å². The number of aromatic nitrogens is 4. The van der Waals surface area contributed by atoms with Gasteiger partial charge in [-0.25, -0.2) is 0 Å². The molecule has 2 rings (SSSR count). The van der Waals surface area contributed by atoms with Gasteiger partial charge in [-0.3, -0.25) is 9.78 Å². The van der Waals surface area contributed by atoms with Crippen LogP contribution in [0.4, 0.5) is 11.5 Å². The molecule has 0 bridgehead atoms. The molecule has 6 heteroatoms. The number of nitrogens with zero attached hydrogens (tertiary/aromatic N) is 3. The zero-order chi connectivity index (χ0) is 14.5. The van der Waals surface area contributed by atoms with E-state index in [9.17, 15) is 0 Å². The fraction of sp³-hybridized carbons (Fsp3) is 0.571. The van der Waals surface area contributed by atoms with Crippen molar-refractivity contribution in [3.05, 3.63) is 23.1 Å². The second-order valence-electron chi connectivity index (χ2n) is 5.13. The molecule has 2 aromatic rings. The van der Waals surface area contributed by atoms with Crippen LogP contribution >= 0.6 is 0 Å². The Morgan fingerprint density at radius 3 is 2.85 bits per heavy atom. The van der Waals surface area contributed by atoms with Crippen LogP contribution in [-0.4, -0.2) is 26.5 Å². The van der Waals surface area contributed by atoms with Crippen molar-refractivity contribution in [3.8, 4) is 0 Å². The summed E-state index contributed by atoms with van der Waals surface area (Å²) < 4.78 is 1.84. The Kier molecular flexibility index (Phi) is 4.65. The minimum Gasteiger partial charge on any atom is -0.394 e. The predicted octanol–water partition coefficient (Wildman–Crippen LogP) is 2.03. The molecule has 2 aromatic heterocycles. The van der Waals surface area contributed by atoms with E-state index >= 15 is 0 Å². The molecule has 0 amide bonds. The van der Waals surface area contributed by atoms with Crippen molar-refractivity contribution in [2.24, 2.45) is 7.05 Å². The second-order valence-corrected chi connectivity index (χ2v) is 5.13. The van der Waals surface area contributed by atoms with E-state index in [1.54, 1.807) is 0 Å². The van der Waals surface area contributed by atoms with Crippen LogP contribution in [0.1, 0.15) is 36.7 Å². The first-order chi connectivity index (χ1) is 9.63.